The first-order valence-electron chi connectivity index (χ1n) is 4.44. The minimum Gasteiger partial charge on any atom is -0.389 e. The van der Waals surface area contributed by atoms with Crippen molar-refractivity contribution in [2.24, 2.45) is 0 Å². The van der Waals surface area contributed by atoms with Crippen LogP contribution >= 0.6 is 12.4 Å². The molecule has 6 heteroatoms. The van der Waals surface area contributed by atoms with Gasteiger partial charge in [-0.2, -0.15) is 0 Å². The quantitative estimate of drug-likeness (QED) is 0.832. The lowest BCUT2D eigenvalue weighted by Crippen LogP contribution is -2.20. The van der Waals surface area contributed by atoms with Crippen LogP contribution in [-0.2, 0) is 13.1 Å². The smallest absolute Gasteiger partial charge is 0.0946 e. The molecule has 2 aromatic rings. The van der Waals surface area contributed by atoms with E-state index in [-0.39, 0.29) is 12.4 Å². The molecule has 0 aliphatic carbocycles. The molecule has 5 nitrogen and oxygen atoms in total. The molecule has 15 heavy (non-hydrogen) atoms. The number of nitrogens with zero attached hydrogens (tertiary/aromatic N) is 4. The van der Waals surface area contributed by atoms with Crippen LogP contribution in [-0.4, -0.2) is 30.3 Å². The van der Waals surface area contributed by atoms with Crippen molar-refractivity contribution >= 4 is 12.4 Å². The molecule has 1 N–H and O–H groups in total. The number of hydrogen-bond acceptors (Lipinski definition) is 3. The van der Waals surface area contributed by atoms with Crippen LogP contribution in [0.5, 0.6) is 0 Å². The van der Waals surface area contributed by atoms with E-state index in [0.717, 1.165) is 0 Å². The second-order valence-corrected chi connectivity index (χ2v) is 3.17. The highest BCUT2D eigenvalue weighted by atomic mass is 35.5. The van der Waals surface area contributed by atoms with Crippen molar-refractivity contribution in [3.05, 3.63) is 37.4 Å². The zero-order valence-electron chi connectivity index (χ0n) is 8.10. The standard InChI is InChI=1S/C9H12N4O.ClH/c14-9(5-12-3-1-10-7-12)6-13-4-2-11-8-13;/h1-4,7-9,14H,5-6H2;1H. The highest BCUT2D eigenvalue weighted by Gasteiger charge is 2.04. The highest BCUT2D eigenvalue weighted by Crippen LogP contribution is 1.96. The number of aliphatic hydroxyl groups excluding tert-OH is 1. The molecular formula is C9H13ClN4O. The molecule has 0 saturated heterocycles. The van der Waals surface area contributed by atoms with E-state index < -0.39 is 6.10 Å². The van der Waals surface area contributed by atoms with Gasteiger partial charge >= 0.3 is 0 Å². The van der Waals surface area contributed by atoms with Gasteiger partial charge in [0.1, 0.15) is 0 Å². The van der Waals surface area contributed by atoms with E-state index >= 15 is 0 Å². The van der Waals surface area contributed by atoms with Gasteiger partial charge in [0.05, 0.1) is 31.8 Å². The van der Waals surface area contributed by atoms with E-state index in [1.807, 2.05) is 21.5 Å². The fourth-order valence-corrected chi connectivity index (χ4v) is 1.33. The third-order valence-electron chi connectivity index (χ3n) is 1.96. The minimum absolute atomic E-state index is 0. The monoisotopic (exact) mass is 228 g/mol. The average molecular weight is 229 g/mol. The van der Waals surface area contributed by atoms with Crippen LogP contribution in [0.1, 0.15) is 0 Å². The maximum atomic E-state index is 9.70. The van der Waals surface area contributed by atoms with Crippen molar-refractivity contribution in [3.8, 4) is 0 Å². The van der Waals surface area contributed by atoms with Crippen molar-refractivity contribution in [1.29, 1.82) is 0 Å². The predicted octanol–water partition coefficient (Wildman–Crippen LogP) is 0.562. The fraction of sp³-hybridized carbons (Fsp3) is 0.333. The van der Waals surface area contributed by atoms with Crippen LogP contribution in [0.25, 0.3) is 0 Å². The highest BCUT2D eigenvalue weighted by molar-refractivity contribution is 5.85. The normalized spacial score (nSPS) is 10.3. The topological polar surface area (TPSA) is 55.9 Å². The van der Waals surface area contributed by atoms with E-state index in [1.54, 1.807) is 25.0 Å². The zero-order valence-corrected chi connectivity index (χ0v) is 8.92. The molecular weight excluding hydrogens is 216 g/mol. The molecule has 0 unspecified atom stereocenters. The molecule has 0 radical (unpaired) electrons. The van der Waals surface area contributed by atoms with Crippen molar-refractivity contribution in [1.82, 2.24) is 19.1 Å². The van der Waals surface area contributed by atoms with E-state index in [9.17, 15) is 5.11 Å². The van der Waals surface area contributed by atoms with Crippen LogP contribution < -0.4 is 0 Å². The van der Waals surface area contributed by atoms with Gasteiger partial charge in [0.15, 0.2) is 0 Å². The molecule has 0 spiro atoms. The first kappa shape index (κ1) is 11.7. The Morgan fingerprint density at radius 1 is 1.00 bits per heavy atom. The number of halogens is 1. The van der Waals surface area contributed by atoms with Gasteiger partial charge in [-0.15, -0.1) is 12.4 Å². The second kappa shape index (κ2) is 5.53. The van der Waals surface area contributed by atoms with E-state index in [4.69, 9.17) is 0 Å². The molecule has 0 fully saturated rings. The molecule has 0 aliphatic heterocycles. The summed E-state index contributed by atoms with van der Waals surface area (Å²) in [5.74, 6) is 0. The fourth-order valence-electron chi connectivity index (χ4n) is 1.33. The summed E-state index contributed by atoms with van der Waals surface area (Å²) in [5, 5.41) is 9.70. The first-order chi connectivity index (χ1) is 6.84. The van der Waals surface area contributed by atoms with Crippen molar-refractivity contribution in [2.45, 2.75) is 19.2 Å². The zero-order chi connectivity index (χ0) is 9.80. The van der Waals surface area contributed by atoms with Crippen molar-refractivity contribution in [2.75, 3.05) is 0 Å². The second-order valence-electron chi connectivity index (χ2n) is 3.17. The lowest BCUT2D eigenvalue weighted by atomic mass is 10.3. The van der Waals surface area contributed by atoms with Crippen LogP contribution in [0.15, 0.2) is 37.4 Å². The Labute approximate surface area is 93.8 Å². The van der Waals surface area contributed by atoms with E-state index in [1.165, 1.54) is 0 Å². The van der Waals surface area contributed by atoms with E-state index in [2.05, 4.69) is 9.97 Å². The van der Waals surface area contributed by atoms with Crippen molar-refractivity contribution in [3.63, 3.8) is 0 Å². The van der Waals surface area contributed by atoms with Crippen LogP contribution in [0, 0.1) is 0 Å². The maximum absolute atomic E-state index is 9.70. The summed E-state index contributed by atoms with van der Waals surface area (Å²) in [7, 11) is 0. The summed E-state index contributed by atoms with van der Waals surface area (Å²) in [5.41, 5.74) is 0. The molecule has 0 bridgehead atoms. The molecule has 0 amide bonds. The lowest BCUT2D eigenvalue weighted by Gasteiger charge is -2.11. The van der Waals surface area contributed by atoms with Gasteiger partial charge in [0.2, 0.25) is 0 Å². The summed E-state index contributed by atoms with van der Waals surface area (Å²) in [6.45, 7) is 1.11. The summed E-state index contributed by atoms with van der Waals surface area (Å²) in [4.78, 5) is 7.81. The van der Waals surface area contributed by atoms with Gasteiger partial charge < -0.3 is 14.2 Å². The maximum Gasteiger partial charge on any atom is 0.0946 e. The minimum atomic E-state index is -0.418. The van der Waals surface area contributed by atoms with Crippen LogP contribution in [0.2, 0.25) is 0 Å². The Bertz CT molecular complexity index is 323. The molecule has 0 aromatic carbocycles. The van der Waals surface area contributed by atoms with Gasteiger partial charge in [-0.05, 0) is 0 Å². The van der Waals surface area contributed by atoms with Gasteiger partial charge in [-0.25, -0.2) is 9.97 Å². The van der Waals surface area contributed by atoms with Crippen molar-refractivity contribution < 1.29 is 5.11 Å². The molecule has 2 aromatic heterocycles. The van der Waals surface area contributed by atoms with Gasteiger partial charge in [-0.3, -0.25) is 0 Å². The molecule has 0 aliphatic rings. The average Bonchev–Trinajstić information content (AvgIpc) is 2.76. The summed E-state index contributed by atoms with van der Waals surface area (Å²) < 4.78 is 3.70. The molecule has 0 saturated carbocycles. The molecule has 2 rings (SSSR count). The molecule has 82 valence electrons. The Hall–Kier alpha value is -1.33. The number of imidazole rings is 2. The Morgan fingerprint density at radius 2 is 1.47 bits per heavy atom. The number of aromatic nitrogens is 4. The largest absolute Gasteiger partial charge is 0.389 e. The van der Waals surface area contributed by atoms with Gasteiger partial charge in [0, 0.05) is 24.8 Å². The summed E-state index contributed by atoms with van der Waals surface area (Å²) in [6, 6.07) is 0. The summed E-state index contributed by atoms with van der Waals surface area (Å²) >= 11 is 0. The van der Waals surface area contributed by atoms with E-state index in [0.29, 0.717) is 13.1 Å². The first-order valence-corrected chi connectivity index (χ1v) is 4.44. The third kappa shape index (κ3) is 3.38. The number of aliphatic hydroxyl groups is 1. The molecule has 2 heterocycles. The molecule has 0 atom stereocenters. The summed E-state index contributed by atoms with van der Waals surface area (Å²) in [6.07, 6.45) is 10.0. The van der Waals surface area contributed by atoms with Gasteiger partial charge in [0.25, 0.3) is 0 Å². The predicted molar refractivity (Wildman–Crippen MR) is 57.7 cm³/mol. The third-order valence-corrected chi connectivity index (χ3v) is 1.96. The Morgan fingerprint density at radius 3 is 1.80 bits per heavy atom. The number of hydrogen-bond donors (Lipinski definition) is 1. The number of rotatable bonds is 4. The van der Waals surface area contributed by atoms with Crippen LogP contribution in [0.3, 0.4) is 0 Å². The van der Waals surface area contributed by atoms with Gasteiger partial charge in [-0.1, -0.05) is 0 Å². The SMILES string of the molecule is Cl.OC(Cn1ccnc1)Cn1ccnc1. The Kier molecular flexibility index (Phi) is 4.33. The lowest BCUT2D eigenvalue weighted by molar-refractivity contribution is 0.134. The van der Waals surface area contributed by atoms with Crippen LogP contribution in [0.4, 0.5) is 0 Å². The Balaban J connectivity index is 0.00000112.